The molecule has 1 amide bonds. The smallest absolute Gasteiger partial charge is 0.254 e. The number of pyridine rings is 1. The molecule has 110 valence electrons. The normalized spacial score (nSPS) is 18.4. The minimum atomic E-state index is 0.0779. The molecule has 21 heavy (non-hydrogen) atoms. The van der Waals surface area contributed by atoms with Gasteiger partial charge in [-0.15, -0.1) is 0 Å². The first kappa shape index (κ1) is 14.3. The summed E-state index contributed by atoms with van der Waals surface area (Å²) in [7, 11) is 0. The average Bonchev–Trinajstić information content (AvgIpc) is 2.94. The summed E-state index contributed by atoms with van der Waals surface area (Å²) in [4.78, 5) is 19.0. The lowest BCUT2D eigenvalue weighted by Crippen LogP contribution is -2.29. The van der Waals surface area contributed by atoms with Crippen molar-refractivity contribution < 1.29 is 4.79 Å². The summed E-state index contributed by atoms with van der Waals surface area (Å²) in [6.45, 7) is 3.90. The Kier molecular flexibility index (Phi) is 4.11. The molecule has 1 aromatic heterocycles. The highest BCUT2D eigenvalue weighted by Gasteiger charge is 2.27. The van der Waals surface area contributed by atoms with Crippen LogP contribution < -0.4 is 0 Å². The van der Waals surface area contributed by atoms with Gasteiger partial charge < -0.3 is 4.90 Å². The van der Waals surface area contributed by atoms with Gasteiger partial charge in [0, 0.05) is 18.5 Å². The van der Waals surface area contributed by atoms with E-state index in [-0.39, 0.29) is 5.91 Å². The van der Waals surface area contributed by atoms with Crippen LogP contribution in [0.25, 0.3) is 10.9 Å². The van der Waals surface area contributed by atoms with Crippen LogP contribution in [0.4, 0.5) is 0 Å². The Hall–Kier alpha value is -1.61. The predicted molar refractivity (Wildman–Crippen MR) is 85.7 cm³/mol. The van der Waals surface area contributed by atoms with E-state index in [1.807, 2.05) is 29.2 Å². The maximum Gasteiger partial charge on any atom is 0.254 e. The number of aromatic nitrogens is 1. The second kappa shape index (κ2) is 6.02. The van der Waals surface area contributed by atoms with Crippen molar-refractivity contribution in [3.8, 4) is 0 Å². The van der Waals surface area contributed by atoms with Crippen molar-refractivity contribution in [3.05, 3.63) is 41.0 Å². The summed E-state index contributed by atoms with van der Waals surface area (Å²) >= 11 is 6.07. The van der Waals surface area contributed by atoms with Gasteiger partial charge in [-0.05, 0) is 30.9 Å². The SMILES string of the molecule is CCCC1CCN(C(=O)c2cc(Cl)nc3ccccc23)C1. The van der Waals surface area contributed by atoms with Gasteiger partial charge in [0.15, 0.2) is 0 Å². The second-order valence-electron chi connectivity index (χ2n) is 5.70. The number of carbonyl (C=O) groups excluding carboxylic acids is 1. The molecule has 3 rings (SSSR count). The largest absolute Gasteiger partial charge is 0.338 e. The topological polar surface area (TPSA) is 33.2 Å². The molecule has 2 heterocycles. The maximum atomic E-state index is 12.8. The number of halogens is 1. The summed E-state index contributed by atoms with van der Waals surface area (Å²) in [5.74, 6) is 0.719. The Balaban J connectivity index is 1.92. The molecular weight excluding hydrogens is 284 g/mol. The van der Waals surface area contributed by atoms with Crippen molar-refractivity contribution in [3.63, 3.8) is 0 Å². The minimum Gasteiger partial charge on any atom is -0.338 e. The Morgan fingerprint density at radius 2 is 2.24 bits per heavy atom. The lowest BCUT2D eigenvalue weighted by Gasteiger charge is -2.18. The lowest BCUT2D eigenvalue weighted by molar-refractivity contribution is 0.0788. The number of likely N-dealkylation sites (tertiary alicyclic amines) is 1. The van der Waals surface area contributed by atoms with Gasteiger partial charge in [-0.1, -0.05) is 43.1 Å². The maximum absolute atomic E-state index is 12.8. The summed E-state index contributed by atoms with van der Waals surface area (Å²) in [5, 5.41) is 1.26. The van der Waals surface area contributed by atoms with E-state index in [2.05, 4.69) is 11.9 Å². The van der Waals surface area contributed by atoms with Crippen LogP contribution in [0.15, 0.2) is 30.3 Å². The zero-order valence-electron chi connectivity index (χ0n) is 12.2. The molecule has 1 aliphatic heterocycles. The van der Waals surface area contributed by atoms with Crippen LogP contribution in [0.2, 0.25) is 5.15 Å². The number of benzene rings is 1. The Morgan fingerprint density at radius 3 is 3.05 bits per heavy atom. The van der Waals surface area contributed by atoms with E-state index in [9.17, 15) is 4.79 Å². The molecule has 1 aromatic carbocycles. The van der Waals surface area contributed by atoms with E-state index in [0.717, 1.165) is 30.4 Å². The summed E-state index contributed by atoms with van der Waals surface area (Å²) in [6.07, 6.45) is 3.48. The molecule has 0 spiro atoms. The van der Waals surface area contributed by atoms with Crippen molar-refractivity contribution in [1.29, 1.82) is 0 Å². The average molecular weight is 303 g/mol. The molecule has 0 bridgehead atoms. The Bertz CT molecular complexity index is 671. The number of amides is 1. The highest BCUT2D eigenvalue weighted by molar-refractivity contribution is 6.30. The highest BCUT2D eigenvalue weighted by Crippen LogP contribution is 2.26. The first-order chi connectivity index (χ1) is 10.2. The monoisotopic (exact) mass is 302 g/mol. The van der Waals surface area contributed by atoms with E-state index in [1.54, 1.807) is 6.07 Å². The van der Waals surface area contributed by atoms with Gasteiger partial charge in [-0.25, -0.2) is 4.98 Å². The van der Waals surface area contributed by atoms with Crippen LogP contribution in [-0.2, 0) is 0 Å². The van der Waals surface area contributed by atoms with Crippen molar-refractivity contribution in [2.24, 2.45) is 5.92 Å². The fraction of sp³-hybridized carbons (Fsp3) is 0.412. The van der Waals surface area contributed by atoms with Crippen molar-refractivity contribution >= 4 is 28.4 Å². The van der Waals surface area contributed by atoms with Gasteiger partial charge in [-0.3, -0.25) is 4.79 Å². The van der Waals surface area contributed by atoms with E-state index >= 15 is 0 Å². The predicted octanol–water partition coefficient (Wildman–Crippen LogP) is 4.15. The summed E-state index contributed by atoms with van der Waals surface area (Å²) < 4.78 is 0. The second-order valence-corrected chi connectivity index (χ2v) is 6.09. The van der Waals surface area contributed by atoms with E-state index in [1.165, 1.54) is 12.8 Å². The molecule has 0 aliphatic carbocycles. The van der Waals surface area contributed by atoms with Crippen molar-refractivity contribution in [2.45, 2.75) is 26.2 Å². The van der Waals surface area contributed by atoms with Crippen LogP contribution in [0.1, 0.15) is 36.5 Å². The molecule has 3 nitrogen and oxygen atoms in total. The van der Waals surface area contributed by atoms with Gasteiger partial charge >= 0.3 is 0 Å². The van der Waals surface area contributed by atoms with Crippen molar-refractivity contribution in [2.75, 3.05) is 13.1 Å². The molecule has 1 unspecified atom stereocenters. The molecule has 0 radical (unpaired) electrons. The molecule has 1 fully saturated rings. The number of rotatable bonds is 3. The zero-order valence-corrected chi connectivity index (χ0v) is 12.9. The third kappa shape index (κ3) is 2.88. The Morgan fingerprint density at radius 1 is 1.43 bits per heavy atom. The van der Waals surface area contributed by atoms with Gasteiger partial charge in [0.05, 0.1) is 11.1 Å². The van der Waals surface area contributed by atoms with Gasteiger partial charge in [0.25, 0.3) is 5.91 Å². The fourth-order valence-electron chi connectivity index (χ4n) is 3.15. The van der Waals surface area contributed by atoms with Crippen LogP contribution in [0.3, 0.4) is 0 Å². The molecule has 0 N–H and O–H groups in total. The molecule has 1 saturated heterocycles. The van der Waals surface area contributed by atoms with Crippen molar-refractivity contribution in [1.82, 2.24) is 9.88 Å². The van der Waals surface area contributed by atoms with Crippen LogP contribution >= 0.6 is 11.6 Å². The Labute approximate surface area is 129 Å². The minimum absolute atomic E-state index is 0.0779. The number of carbonyl (C=O) groups is 1. The van der Waals surface area contributed by atoms with Gasteiger partial charge in [-0.2, -0.15) is 0 Å². The van der Waals surface area contributed by atoms with E-state index in [4.69, 9.17) is 11.6 Å². The molecule has 0 saturated carbocycles. The van der Waals surface area contributed by atoms with Gasteiger partial charge in [0.1, 0.15) is 5.15 Å². The first-order valence-electron chi connectivity index (χ1n) is 7.53. The quantitative estimate of drug-likeness (QED) is 0.798. The highest BCUT2D eigenvalue weighted by atomic mass is 35.5. The summed E-state index contributed by atoms with van der Waals surface area (Å²) in [6, 6.07) is 9.36. The third-order valence-corrected chi connectivity index (χ3v) is 4.38. The number of para-hydroxylation sites is 1. The molecular formula is C17H19ClN2O. The number of fused-ring (bicyclic) bond motifs is 1. The first-order valence-corrected chi connectivity index (χ1v) is 7.91. The van der Waals surface area contributed by atoms with E-state index in [0.29, 0.717) is 16.6 Å². The number of hydrogen-bond donors (Lipinski definition) is 0. The molecule has 1 atom stereocenters. The van der Waals surface area contributed by atoms with E-state index < -0.39 is 0 Å². The molecule has 1 aliphatic rings. The lowest BCUT2D eigenvalue weighted by atomic mass is 10.0. The molecule has 4 heteroatoms. The van der Waals surface area contributed by atoms with Crippen LogP contribution in [0, 0.1) is 5.92 Å². The van der Waals surface area contributed by atoms with Crippen LogP contribution in [-0.4, -0.2) is 28.9 Å². The van der Waals surface area contributed by atoms with Crippen LogP contribution in [0.5, 0.6) is 0 Å². The molecule has 2 aromatic rings. The standard InChI is InChI=1S/C17H19ClN2O/c1-2-5-12-8-9-20(11-12)17(21)14-10-16(18)19-15-7-4-3-6-13(14)15/h3-4,6-7,10,12H,2,5,8-9,11H2,1H3. The third-order valence-electron chi connectivity index (χ3n) is 4.19. The zero-order chi connectivity index (χ0) is 14.8. The fourth-order valence-corrected chi connectivity index (χ4v) is 3.35. The summed E-state index contributed by atoms with van der Waals surface area (Å²) in [5.41, 5.74) is 1.44. The number of nitrogens with zero attached hydrogens (tertiary/aromatic N) is 2. The number of hydrogen-bond acceptors (Lipinski definition) is 2. The van der Waals surface area contributed by atoms with Gasteiger partial charge in [0.2, 0.25) is 0 Å².